The van der Waals surface area contributed by atoms with Crippen molar-refractivity contribution in [1.82, 2.24) is 19.9 Å². The van der Waals surface area contributed by atoms with Crippen molar-refractivity contribution in [2.75, 3.05) is 5.32 Å². The van der Waals surface area contributed by atoms with Crippen molar-refractivity contribution in [2.24, 2.45) is 0 Å². The molecule has 0 aliphatic rings. The highest BCUT2D eigenvalue weighted by Crippen LogP contribution is 2.31. The second kappa shape index (κ2) is 8.06. The smallest absolute Gasteiger partial charge is 0.266 e. The molecule has 5 nitrogen and oxygen atoms in total. The number of rotatable bonds is 5. The number of nitrogens with zero attached hydrogens (tertiary/aromatic N) is 4. The van der Waals surface area contributed by atoms with Gasteiger partial charge >= 0.3 is 0 Å². The first kappa shape index (κ1) is 19.8. The fraction of sp³-hybridized carbons (Fsp3) is 0.182. The van der Waals surface area contributed by atoms with Gasteiger partial charge in [0.15, 0.2) is 5.65 Å². The van der Waals surface area contributed by atoms with Gasteiger partial charge in [-0.05, 0) is 37.6 Å². The van der Waals surface area contributed by atoms with E-state index in [4.69, 9.17) is 0 Å². The Labute approximate surface area is 171 Å². The molecule has 0 unspecified atom stereocenters. The summed E-state index contributed by atoms with van der Waals surface area (Å²) in [5, 5.41) is 3.78. The molecule has 1 atom stereocenters. The normalized spacial score (nSPS) is 12.3. The van der Waals surface area contributed by atoms with Gasteiger partial charge in [-0.3, -0.25) is 4.98 Å². The number of aromatic nitrogens is 4. The topological polar surface area (TPSA) is 63.6 Å². The fourth-order valence-corrected chi connectivity index (χ4v) is 3.29. The average molecular weight is 409 g/mol. The maximum absolute atomic E-state index is 14.6. The Morgan fingerprint density at radius 1 is 0.967 bits per heavy atom. The number of fused-ring (bicyclic) bond motifs is 1. The Morgan fingerprint density at radius 3 is 2.43 bits per heavy atom. The summed E-state index contributed by atoms with van der Waals surface area (Å²) in [6.45, 7) is 3.42. The molecule has 0 aliphatic heterocycles. The zero-order valence-corrected chi connectivity index (χ0v) is 16.3. The minimum absolute atomic E-state index is 0.135. The number of alkyl halides is 2. The van der Waals surface area contributed by atoms with Crippen molar-refractivity contribution in [3.05, 3.63) is 77.8 Å². The van der Waals surface area contributed by atoms with Crippen molar-refractivity contribution < 1.29 is 13.2 Å². The highest BCUT2D eigenvalue weighted by atomic mass is 19.3. The number of hydrogen-bond donors (Lipinski definition) is 1. The maximum Gasteiger partial charge on any atom is 0.266 e. The molecule has 0 spiro atoms. The van der Waals surface area contributed by atoms with Gasteiger partial charge in [0.1, 0.15) is 17.5 Å². The Balaban J connectivity index is 1.76. The van der Waals surface area contributed by atoms with Gasteiger partial charge in [0.2, 0.25) is 0 Å². The van der Waals surface area contributed by atoms with Crippen LogP contribution < -0.4 is 5.32 Å². The van der Waals surface area contributed by atoms with E-state index in [1.165, 1.54) is 12.1 Å². The molecule has 0 radical (unpaired) electrons. The van der Waals surface area contributed by atoms with Crippen molar-refractivity contribution in [3.8, 4) is 11.1 Å². The summed E-state index contributed by atoms with van der Waals surface area (Å²) in [6.07, 6.45) is 2.20. The molecule has 152 valence electrons. The monoisotopic (exact) mass is 409 g/mol. The van der Waals surface area contributed by atoms with Crippen LogP contribution in [-0.4, -0.2) is 19.9 Å². The zero-order valence-electron chi connectivity index (χ0n) is 16.3. The Kier molecular flexibility index (Phi) is 5.31. The maximum atomic E-state index is 14.6. The van der Waals surface area contributed by atoms with Gasteiger partial charge < -0.3 is 5.32 Å². The molecule has 3 aromatic heterocycles. The van der Waals surface area contributed by atoms with Crippen molar-refractivity contribution in [1.29, 1.82) is 0 Å². The molecule has 1 aromatic carbocycles. The summed E-state index contributed by atoms with van der Waals surface area (Å²) < 4.78 is 40.7. The molecule has 4 aromatic rings. The summed E-state index contributed by atoms with van der Waals surface area (Å²) in [5.74, 6) is 0.0246. The van der Waals surface area contributed by atoms with Crippen LogP contribution in [0.1, 0.15) is 36.3 Å². The van der Waals surface area contributed by atoms with Crippen LogP contribution in [0.3, 0.4) is 0 Å². The van der Waals surface area contributed by atoms with Crippen LogP contribution in [0.2, 0.25) is 0 Å². The number of pyridine rings is 2. The van der Waals surface area contributed by atoms with E-state index in [1.54, 1.807) is 32.4 Å². The number of nitrogens with one attached hydrogen (secondary N) is 1. The third-order valence-corrected chi connectivity index (χ3v) is 4.79. The highest BCUT2D eigenvalue weighted by molar-refractivity contribution is 5.90. The van der Waals surface area contributed by atoms with Crippen LogP contribution >= 0.6 is 0 Å². The van der Waals surface area contributed by atoms with Gasteiger partial charge in [0.25, 0.3) is 6.43 Å². The number of benzene rings is 1. The molecule has 0 bridgehead atoms. The Hall–Kier alpha value is -3.55. The van der Waals surface area contributed by atoms with E-state index in [9.17, 15) is 13.2 Å². The molecule has 0 amide bonds. The molecule has 0 fully saturated rings. The first-order valence-electron chi connectivity index (χ1n) is 9.32. The summed E-state index contributed by atoms with van der Waals surface area (Å²) in [7, 11) is 0. The second-order valence-corrected chi connectivity index (χ2v) is 6.87. The molecule has 0 saturated heterocycles. The van der Waals surface area contributed by atoms with E-state index in [1.807, 2.05) is 18.2 Å². The van der Waals surface area contributed by atoms with Crippen LogP contribution in [-0.2, 0) is 0 Å². The Morgan fingerprint density at radius 2 is 1.70 bits per heavy atom. The SMILES string of the molecule is Cc1nc(N[C@H](C)c2cccc(C(F)F)c2F)c2cc(-c3ccncc3)cnc2n1. The summed E-state index contributed by atoms with van der Waals surface area (Å²) in [6, 6.07) is 8.99. The molecule has 8 heteroatoms. The van der Waals surface area contributed by atoms with E-state index in [2.05, 4.69) is 25.3 Å². The predicted octanol–water partition coefficient (Wildman–Crippen LogP) is 5.65. The van der Waals surface area contributed by atoms with Gasteiger partial charge in [-0.25, -0.2) is 28.1 Å². The van der Waals surface area contributed by atoms with Crippen molar-refractivity contribution >= 4 is 16.9 Å². The van der Waals surface area contributed by atoms with E-state index in [0.717, 1.165) is 17.2 Å². The molecule has 0 saturated carbocycles. The molecular formula is C22H18F3N5. The first-order valence-corrected chi connectivity index (χ1v) is 9.32. The molecule has 0 aliphatic carbocycles. The van der Waals surface area contributed by atoms with Crippen LogP contribution in [0.25, 0.3) is 22.2 Å². The minimum Gasteiger partial charge on any atom is -0.363 e. The van der Waals surface area contributed by atoms with Crippen LogP contribution in [0.15, 0.2) is 55.0 Å². The molecule has 30 heavy (non-hydrogen) atoms. The van der Waals surface area contributed by atoms with E-state index >= 15 is 0 Å². The van der Waals surface area contributed by atoms with Crippen molar-refractivity contribution in [2.45, 2.75) is 26.3 Å². The van der Waals surface area contributed by atoms with Gasteiger partial charge in [-0.1, -0.05) is 18.2 Å². The largest absolute Gasteiger partial charge is 0.363 e. The van der Waals surface area contributed by atoms with Crippen molar-refractivity contribution in [3.63, 3.8) is 0 Å². The van der Waals surface area contributed by atoms with Gasteiger partial charge in [0, 0.05) is 29.7 Å². The lowest BCUT2D eigenvalue weighted by Crippen LogP contribution is -2.12. The molecule has 3 heterocycles. The lowest BCUT2D eigenvalue weighted by Gasteiger charge is -2.18. The average Bonchev–Trinajstić information content (AvgIpc) is 2.74. The number of anilines is 1. The number of aryl methyl sites for hydroxylation is 1. The van der Waals surface area contributed by atoms with Gasteiger partial charge in [-0.2, -0.15) is 0 Å². The fourth-order valence-electron chi connectivity index (χ4n) is 3.29. The number of halogens is 3. The standard InChI is InChI=1S/C22H18F3N5/c1-12(16-4-3-5-17(19(16)23)20(24)25)28-22-18-10-15(14-6-8-26-9-7-14)11-27-21(18)29-13(2)30-22/h3-12,20H,1-2H3,(H,27,28,29,30)/t12-/m1/s1. The Bertz CT molecular complexity index is 1200. The van der Waals surface area contributed by atoms with Gasteiger partial charge in [0.05, 0.1) is 17.0 Å². The van der Waals surface area contributed by atoms with Crippen LogP contribution in [0.4, 0.5) is 19.0 Å². The second-order valence-electron chi connectivity index (χ2n) is 6.87. The van der Waals surface area contributed by atoms with E-state index in [0.29, 0.717) is 22.7 Å². The summed E-state index contributed by atoms with van der Waals surface area (Å²) in [5.41, 5.74) is 1.77. The summed E-state index contributed by atoms with van der Waals surface area (Å²) >= 11 is 0. The van der Waals surface area contributed by atoms with Gasteiger partial charge in [-0.15, -0.1) is 0 Å². The third kappa shape index (κ3) is 3.80. The van der Waals surface area contributed by atoms with E-state index in [-0.39, 0.29) is 5.56 Å². The van der Waals surface area contributed by atoms with Crippen LogP contribution in [0, 0.1) is 12.7 Å². The molecular weight excluding hydrogens is 391 g/mol. The van der Waals surface area contributed by atoms with Crippen LogP contribution in [0.5, 0.6) is 0 Å². The minimum atomic E-state index is -2.88. The highest BCUT2D eigenvalue weighted by Gasteiger charge is 2.20. The number of hydrogen-bond acceptors (Lipinski definition) is 5. The summed E-state index contributed by atoms with van der Waals surface area (Å²) in [4.78, 5) is 17.2. The quantitative estimate of drug-likeness (QED) is 0.462. The zero-order chi connectivity index (χ0) is 21.3. The lowest BCUT2D eigenvalue weighted by molar-refractivity contribution is 0.146. The third-order valence-electron chi connectivity index (χ3n) is 4.79. The lowest BCUT2D eigenvalue weighted by atomic mass is 10.0. The first-order chi connectivity index (χ1) is 14.4. The van der Waals surface area contributed by atoms with E-state index < -0.39 is 23.8 Å². The molecule has 1 N–H and O–H groups in total. The molecule has 4 rings (SSSR count). The predicted molar refractivity (Wildman–Crippen MR) is 109 cm³/mol.